The Labute approximate surface area is 155 Å². The Hall–Kier alpha value is -3.26. The van der Waals surface area contributed by atoms with Gasteiger partial charge in [-0.2, -0.15) is 18.4 Å². The van der Waals surface area contributed by atoms with Gasteiger partial charge in [0.2, 0.25) is 5.91 Å². The number of thiazole rings is 1. The molecule has 0 N–H and O–H groups in total. The van der Waals surface area contributed by atoms with Crippen LogP contribution in [0.2, 0.25) is 0 Å². The van der Waals surface area contributed by atoms with Crippen molar-refractivity contribution in [1.82, 2.24) is 19.7 Å². The van der Waals surface area contributed by atoms with Gasteiger partial charge in [-0.1, -0.05) is 6.07 Å². The van der Waals surface area contributed by atoms with Crippen molar-refractivity contribution < 1.29 is 18.0 Å². The van der Waals surface area contributed by atoms with E-state index in [1.54, 1.807) is 11.4 Å². The van der Waals surface area contributed by atoms with Gasteiger partial charge in [-0.05, 0) is 18.2 Å². The second kappa shape index (κ2) is 7.16. The molecule has 0 unspecified atom stereocenters. The van der Waals surface area contributed by atoms with E-state index < -0.39 is 17.6 Å². The lowest BCUT2D eigenvalue weighted by Crippen LogP contribution is -2.23. The van der Waals surface area contributed by atoms with E-state index in [1.807, 2.05) is 0 Å². The Kier molecular flexibility index (Phi) is 4.91. The third kappa shape index (κ3) is 4.12. The predicted octanol–water partition coefficient (Wildman–Crippen LogP) is 3.36. The molecule has 0 saturated heterocycles. The average Bonchev–Trinajstić information content (AvgIpc) is 3.24. The number of anilines is 2. The van der Waals surface area contributed by atoms with Crippen molar-refractivity contribution in [2.24, 2.45) is 0 Å². The van der Waals surface area contributed by atoms with Gasteiger partial charge in [-0.3, -0.25) is 9.69 Å². The minimum atomic E-state index is -4.52. The van der Waals surface area contributed by atoms with E-state index in [0.717, 1.165) is 28.4 Å². The van der Waals surface area contributed by atoms with Crippen LogP contribution in [0.15, 0.2) is 36.0 Å². The van der Waals surface area contributed by atoms with Gasteiger partial charge >= 0.3 is 6.18 Å². The molecule has 3 rings (SSSR count). The highest BCUT2D eigenvalue weighted by atomic mass is 32.1. The number of alkyl halides is 3. The lowest BCUT2D eigenvalue weighted by Gasteiger charge is -2.19. The second-order valence-corrected chi connectivity index (χ2v) is 6.24. The summed E-state index contributed by atoms with van der Waals surface area (Å²) in [5, 5.41) is 14.5. The van der Waals surface area contributed by atoms with Gasteiger partial charge < -0.3 is 0 Å². The molecule has 0 aliphatic heterocycles. The third-order valence-electron chi connectivity index (χ3n) is 3.44. The molecule has 0 radical (unpaired) electrons. The molecule has 0 saturated carbocycles. The van der Waals surface area contributed by atoms with Crippen molar-refractivity contribution in [3.05, 3.63) is 53.1 Å². The topological polar surface area (TPSA) is 87.7 Å². The maximum atomic E-state index is 13.0. The number of halogens is 3. The van der Waals surface area contributed by atoms with Crippen LogP contribution >= 0.6 is 11.3 Å². The molecule has 2 aromatic heterocycles. The highest BCUT2D eigenvalue weighted by molar-refractivity contribution is 7.14. The van der Waals surface area contributed by atoms with Crippen molar-refractivity contribution in [2.45, 2.75) is 19.6 Å². The van der Waals surface area contributed by atoms with E-state index >= 15 is 0 Å². The summed E-state index contributed by atoms with van der Waals surface area (Å²) in [6.07, 6.45) is -3.15. The van der Waals surface area contributed by atoms with Crippen molar-refractivity contribution in [3.8, 4) is 6.07 Å². The number of rotatable bonds is 4. The zero-order valence-corrected chi connectivity index (χ0v) is 14.6. The fraction of sp³-hybridized carbons (Fsp3) is 0.188. The number of nitrogens with zero attached hydrogens (tertiary/aromatic N) is 6. The van der Waals surface area contributed by atoms with Crippen molar-refractivity contribution in [3.63, 3.8) is 0 Å². The first kappa shape index (κ1) is 18.5. The van der Waals surface area contributed by atoms with Crippen LogP contribution in [0.25, 0.3) is 0 Å². The van der Waals surface area contributed by atoms with Crippen LogP contribution < -0.4 is 4.90 Å². The van der Waals surface area contributed by atoms with Gasteiger partial charge in [-0.15, -0.1) is 16.4 Å². The molecule has 3 aromatic rings. The fourth-order valence-corrected chi connectivity index (χ4v) is 3.19. The first-order chi connectivity index (χ1) is 12.8. The number of nitriles is 1. The number of hydrogen-bond acceptors (Lipinski definition) is 6. The molecular formula is C16H11F3N6OS. The average molecular weight is 392 g/mol. The smallest absolute Gasteiger partial charge is 0.274 e. The number of carbonyl (C=O) groups is 1. The monoisotopic (exact) mass is 392 g/mol. The summed E-state index contributed by atoms with van der Waals surface area (Å²) in [7, 11) is 0. The molecule has 0 spiro atoms. The van der Waals surface area contributed by atoms with Gasteiger partial charge in [0.15, 0.2) is 5.13 Å². The minimum Gasteiger partial charge on any atom is -0.274 e. The van der Waals surface area contributed by atoms with Crippen LogP contribution in [0.1, 0.15) is 24.0 Å². The highest BCUT2D eigenvalue weighted by Crippen LogP contribution is 2.34. The van der Waals surface area contributed by atoms with E-state index in [1.165, 1.54) is 30.1 Å². The van der Waals surface area contributed by atoms with Crippen LogP contribution in [0.4, 0.5) is 24.0 Å². The Morgan fingerprint density at radius 3 is 2.81 bits per heavy atom. The lowest BCUT2D eigenvalue weighted by atomic mass is 10.2. The van der Waals surface area contributed by atoms with Crippen molar-refractivity contribution >= 4 is 28.1 Å². The molecule has 1 amide bonds. The molecule has 0 aliphatic carbocycles. The standard InChI is InChI=1S/C16H11F3N6OS/c1-10(26)25(13-4-2-3-11(5-13)16(17,18)19)15-22-12(8-27-15)7-24-9-21-14(6-20)23-24/h2-5,8-9H,7H2,1H3. The quantitative estimate of drug-likeness (QED) is 0.679. The molecule has 0 bridgehead atoms. The van der Waals surface area contributed by atoms with Crippen LogP contribution in [-0.4, -0.2) is 25.7 Å². The number of hydrogen-bond donors (Lipinski definition) is 0. The van der Waals surface area contributed by atoms with Gasteiger partial charge in [0.05, 0.1) is 23.5 Å². The molecule has 138 valence electrons. The van der Waals surface area contributed by atoms with Gasteiger partial charge in [0.1, 0.15) is 12.4 Å². The zero-order chi connectivity index (χ0) is 19.6. The summed E-state index contributed by atoms with van der Waals surface area (Å²) < 4.78 is 40.3. The summed E-state index contributed by atoms with van der Waals surface area (Å²) in [6, 6.07) is 6.29. The largest absolute Gasteiger partial charge is 0.416 e. The van der Waals surface area contributed by atoms with Gasteiger partial charge in [0.25, 0.3) is 5.82 Å². The van der Waals surface area contributed by atoms with E-state index in [9.17, 15) is 18.0 Å². The number of aromatic nitrogens is 4. The second-order valence-electron chi connectivity index (χ2n) is 5.40. The van der Waals surface area contributed by atoms with Gasteiger partial charge in [0, 0.05) is 12.3 Å². The third-order valence-corrected chi connectivity index (χ3v) is 4.31. The van der Waals surface area contributed by atoms with E-state index in [-0.39, 0.29) is 23.2 Å². The summed E-state index contributed by atoms with van der Waals surface area (Å²) in [6.45, 7) is 1.46. The Balaban J connectivity index is 1.89. The van der Waals surface area contributed by atoms with E-state index in [0.29, 0.717) is 5.69 Å². The molecule has 0 atom stereocenters. The lowest BCUT2D eigenvalue weighted by molar-refractivity contribution is -0.137. The first-order valence-electron chi connectivity index (χ1n) is 7.50. The maximum absolute atomic E-state index is 13.0. The summed E-state index contributed by atoms with van der Waals surface area (Å²) in [5.41, 5.74) is -0.247. The minimum absolute atomic E-state index is 0.0137. The maximum Gasteiger partial charge on any atom is 0.416 e. The Bertz CT molecular complexity index is 1020. The molecule has 1 aromatic carbocycles. The molecule has 2 heterocycles. The molecule has 0 aliphatic rings. The van der Waals surface area contributed by atoms with Crippen LogP contribution in [0, 0.1) is 11.3 Å². The van der Waals surface area contributed by atoms with E-state index in [2.05, 4.69) is 15.1 Å². The summed E-state index contributed by atoms with van der Waals surface area (Å²) in [5.74, 6) is -0.456. The Morgan fingerprint density at radius 2 is 2.19 bits per heavy atom. The highest BCUT2D eigenvalue weighted by Gasteiger charge is 2.31. The predicted molar refractivity (Wildman–Crippen MR) is 90.2 cm³/mol. The van der Waals surface area contributed by atoms with Crippen LogP contribution in [0.3, 0.4) is 0 Å². The number of benzene rings is 1. The SMILES string of the molecule is CC(=O)N(c1cccc(C(F)(F)F)c1)c1nc(Cn2cnc(C#N)n2)cs1. The summed E-state index contributed by atoms with van der Waals surface area (Å²) in [4.78, 5) is 21.3. The van der Waals surface area contributed by atoms with Crippen LogP contribution in [0.5, 0.6) is 0 Å². The number of amides is 1. The number of carbonyl (C=O) groups excluding carboxylic acids is 1. The van der Waals surface area contributed by atoms with E-state index in [4.69, 9.17) is 5.26 Å². The normalized spacial score (nSPS) is 11.2. The molecule has 0 fully saturated rings. The van der Waals surface area contributed by atoms with Crippen molar-refractivity contribution in [1.29, 1.82) is 5.26 Å². The zero-order valence-electron chi connectivity index (χ0n) is 13.8. The van der Waals surface area contributed by atoms with Gasteiger partial charge in [-0.25, -0.2) is 14.6 Å². The molecule has 7 nitrogen and oxygen atoms in total. The van der Waals surface area contributed by atoms with Crippen LogP contribution in [-0.2, 0) is 17.5 Å². The van der Waals surface area contributed by atoms with Crippen molar-refractivity contribution in [2.75, 3.05) is 4.90 Å². The molecular weight excluding hydrogens is 381 g/mol. The first-order valence-corrected chi connectivity index (χ1v) is 8.38. The molecule has 11 heteroatoms. The fourth-order valence-electron chi connectivity index (χ4n) is 2.31. The summed E-state index contributed by atoms with van der Waals surface area (Å²) >= 11 is 1.11. The Morgan fingerprint density at radius 1 is 1.41 bits per heavy atom. The molecule has 27 heavy (non-hydrogen) atoms.